The van der Waals surface area contributed by atoms with E-state index in [1.807, 2.05) is 30.0 Å². The van der Waals surface area contributed by atoms with Gasteiger partial charge in [-0.25, -0.2) is 4.39 Å². The van der Waals surface area contributed by atoms with E-state index in [0.29, 0.717) is 12.1 Å². The van der Waals surface area contributed by atoms with Crippen molar-refractivity contribution in [3.05, 3.63) is 65.5 Å². The van der Waals surface area contributed by atoms with Crippen LogP contribution in [-0.2, 0) is 11.3 Å². The van der Waals surface area contributed by atoms with E-state index in [-0.39, 0.29) is 23.5 Å². The largest absolute Gasteiger partial charge is 0.508 e. The maximum Gasteiger partial charge on any atom is 0.245 e. The molecular weight excluding hydrogens is 319 g/mol. The molecule has 0 aliphatic heterocycles. The molecule has 132 valence electrons. The smallest absolute Gasteiger partial charge is 0.245 e. The van der Waals surface area contributed by atoms with Crippen LogP contribution in [0, 0.1) is 5.82 Å². The monoisotopic (exact) mass is 342 g/mol. The molecule has 0 unspecified atom stereocenters. The first kappa shape index (κ1) is 17.4. The first-order valence-electron chi connectivity index (χ1n) is 8.46. The maximum absolute atomic E-state index is 13.6. The fourth-order valence-corrected chi connectivity index (χ4v) is 3.12. The lowest BCUT2D eigenvalue weighted by Crippen LogP contribution is -2.41. The molecule has 2 aromatic carbocycles. The van der Waals surface area contributed by atoms with Crippen molar-refractivity contribution in [2.75, 3.05) is 14.1 Å². The van der Waals surface area contributed by atoms with Crippen LogP contribution in [0.3, 0.4) is 0 Å². The molecule has 0 saturated heterocycles. The molecular formula is C20H23FN2O2. The number of amides is 1. The van der Waals surface area contributed by atoms with Crippen LogP contribution in [-0.4, -0.2) is 41.0 Å². The fraction of sp³-hybridized carbons (Fsp3) is 0.350. The van der Waals surface area contributed by atoms with Crippen molar-refractivity contribution in [3.63, 3.8) is 0 Å². The van der Waals surface area contributed by atoms with Crippen LogP contribution in [0.2, 0.25) is 0 Å². The molecule has 1 amide bonds. The lowest BCUT2D eigenvalue weighted by Gasteiger charge is -2.31. The van der Waals surface area contributed by atoms with Gasteiger partial charge in [-0.15, -0.1) is 0 Å². The molecule has 25 heavy (non-hydrogen) atoms. The van der Waals surface area contributed by atoms with Gasteiger partial charge in [0.1, 0.15) is 17.6 Å². The Kier molecular flexibility index (Phi) is 5.04. The molecule has 1 aliphatic carbocycles. The Morgan fingerprint density at radius 1 is 1.20 bits per heavy atom. The van der Waals surface area contributed by atoms with E-state index in [2.05, 4.69) is 0 Å². The van der Waals surface area contributed by atoms with Gasteiger partial charge in [0.2, 0.25) is 5.91 Å². The highest BCUT2D eigenvalue weighted by Crippen LogP contribution is 2.33. The van der Waals surface area contributed by atoms with E-state index >= 15 is 0 Å². The number of carbonyl (C=O) groups excluding carboxylic acids is 1. The van der Waals surface area contributed by atoms with Gasteiger partial charge >= 0.3 is 0 Å². The molecule has 1 saturated carbocycles. The molecule has 5 heteroatoms. The second-order valence-electron chi connectivity index (χ2n) is 6.79. The van der Waals surface area contributed by atoms with Crippen LogP contribution in [0.25, 0.3) is 0 Å². The second kappa shape index (κ2) is 7.23. The number of nitrogens with zero attached hydrogens (tertiary/aromatic N) is 2. The third kappa shape index (κ3) is 4.17. The summed E-state index contributed by atoms with van der Waals surface area (Å²) in [7, 11) is 3.65. The van der Waals surface area contributed by atoms with Crippen molar-refractivity contribution in [1.82, 2.24) is 9.80 Å². The van der Waals surface area contributed by atoms with Crippen molar-refractivity contribution in [2.45, 2.75) is 31.5 Å². The number of hydrogen-bond donors (Lipinski definition) is 1. The van der Waals surface area contributed by atoms with Gasteiger partial charge in [0.25, 0.3) is 0 Å². The average Bonchev–Trinajstić information content (AvgIpc) is 3.37. The van der Waals surface area contributed by atoms with Crippen LogP contribution in [0.5, 0.6) is 5.75 Å². The zero-order valence-corrected chi connectivity index (χ0v) is 14.5. The number of aromatic hydroxyl groups is 1. The summed E-state index contributed by atoms with van der Waals surface area (Å²) in [5, 5.41) is 9.67. The summed E-state index contributed by atoms with van der Waals surface area (Å²) in [5.41, 5.74) is 1.54. The van der Waals surface area contributed by atoms with E-state index < -0.39 is 6.04 Å². The number of carbonyl (C=O) groups is 1. The van der Waals surface area contributed by atoms with Crippen molar-refractivity contribution in [1.29, 1.82) is 0 Å². The predicted molar refractivity (Wildman–Crippen MR) is 94.5 cm³/mol. The van der Waals surface area contributed by atoms with Crippen LogP contribution in [0.1, 0.15) is 30.0 Å². The summed E-state index contributed by atoms with van der Waals surface area (Å²) in [6.07, 6.45) is 1.96. The number of phenols is 1. The van der Waals surface area contributed by atoms with Gasteiger partial charge in [0, 0.05) is 12.6 Å². The molecule has 0 radical (unpaired) electrons. The predicted octanol–water partition coefficient (Wildman–Crippen LogP) is 3.33. The van der Waals surface area contributed by atoms with Gasteiger partial charge in [-0.3, -0.25) is 9.69 Å². The molecule has 0 heterocycles. The highest BCUT2D eigenvalue weighted by Gasteiger charge is 2.37. The number of phenolic OH excluding ortho intramolecular Hbond substituents is 1. The molecule has 4 nitrogen and oxygen atoms in total. The van der Waals surface area contributed by atoms with E-state index in [1.54, 1.807) is 30.3 Å². The van der Waals surface area contributed by atoms with E-state index in [4.69, 9.17) is 0 Å². The second-order valence-corrected chi connectivity index (χ2v) is 6.79. The molecule has 3 rings (SSSR count). The van der Waals surface area contributed by atoms with Crippen LogP contribution < -0.4 is 0 Å². The van der Waals surface area contributed by atoms with Gasteiger partial charge in [-0.05, 0) is 62.3 Å². The quantitative estimate of drug-likeness (QED) is 0.876. The molecule has 1 N–H and O–H groups in total. The van der Waals surface area contributed by atoms with Crippen LogP contribution in [0.15, 0.2) is 48.5 Å². The topological polar surface area (TPSA) is 43.8 Å². The average molecular weight is 342 g/mol. The summed E-state index contributed by atoms with van der Waals surface area (Å²) in [6, 6.07) is 12.9. The Morgan fingerprint density at radius 3 is 2.52 bits per heavy atom. The Balaban J connectivity index is 1.87. The molecule has 1 atom stereocenters. The van der Waals surface area contributed by atoms with Gasteiger partial charge in [-0.1, -0.05) is 24.3 Å². The molecule has 1 aliphatic rings. The lowest BCUT2D eigenvalue weighted by molar-refractivity contribution is -0.137. The zero-order chi connectivity index (χ0) is 18.0. The van der Waals surface area contributed by atoms with Crippen molar-refractivity contribution < 1.29 is 14.3 Å². The Bertz CT molecular complexity index is 759. The minimum atomic E-state index is -0.534. The third-order valence-electron chi connectivity index (χ3n) is 4.45. The first-order chi connectivity index (χ1) is 12.0. The third-order valence-corrected chi connectivity index (χ3v) is 4.45. The minimum Gasteiger partial charge on any atom is -0.508 e. The maximum atomic E-state index is 13.6. The highest BCUT2D eigenvalue weighted by atomic mass is 19.1. The van der Waals surface area contributed by atoms with E-state index in [0.717, 1.165) is 18.4 Å². The normalized spacial score (nSPS) is 15.2. The molecule has 0 spiro atoms. The van der Waals surface area contributed by atoms with Crippen molar-refractivity contribution >= 4 is 5.91 Å². The SMILES string of the molecule is CN(C)[C@H](C(=O)N(Cc1cccc(O)c1)C1CC1)c1cccc(F)c1. The lowest BCUT2D eigenvalue weighted by atomic mass is 10.0. The summed E-state index contributed by atoms with van der Waals surface area (Å²) in [4.78, 5) is 16.9. The summed E-state index contributed by atoms with van der Waals surface area (Å²) < 4.78 is 13.6. The minimum absolute atomic E-state index is 0.0403. The summed E-state index contributed by atoms with van der Waals surface area (Å²) in [5.74, 6) is -0.195. The van der Waals surface area contributed by atoms with Crippen molar-refractivity contribution in [3.8, 4) is 5.75 Å². The number of likely N-dealkylation sites (N-methyl/N-ethyl adjacent to an activating group) is 1. The van der Waals surface area contributed by atoms with Gasteiger partial charge in [-0.2, -0.15) is 0 Å². The van der Waals surface area contributed by atoms with Gasteiger partial charge in [0.15, 0.2) is 0 Å². The number of halogens is 1. The summed E-state index contributed by atoms with van der Waals surface area (Å²) in [6.45, 7) is 0.442. The van der Waals surface area contributed by atoms with Crippen molar-refractivity contribution in [2.24, 2.45) is 0 Å². The number of benzene rings is 2. The Labute approximate surface area is 147 Å². The molecule has 1 fully saturated rings. The van der Waals surface area contributed by atoms with Gasteiger partial charge in [0.05, 0.1) is 0 Å². The molecule has 2 aromatic rings. The Morgan fingerprint density at radius 2 is 1.92 bits per heavy atom. The summed E-state index contributed by atoms with van der Waals surface area (Å²) >= 11 is 0. The van der Waals surface area contributed by atoms with E-state index in [1.165, 1.54) is 12.1 Å². The number of rotatable bonds is 6. The highest BCUT2D eigenvalue weighted by molar-refractivity contribution is 5.84. The molecule has 0 aromatic heterocycles. The zero-order valence-electron chi connectivity index (χ0n) is 14.5. The Hall–Kier alpha value is -2.40. The fourth-order valence-electron chi connectivity index (χ4n) is 3.12. The van der Waals surface area contributed by atoms with Gasteiger partial charge < -0.3 is 10.0 Å². The van der Waals surface area contributed by atoms with Crippen LogP contribution in [0.4, 0.5) is 4.39 Å². The molecule has 0 bridgehead atoms. The number of hydrogen-bond acceptors (Lipinski definition) is 3. The van der Waals surface area contributed by atoms with Crippen LogP contribution >= 0.6 is 0 Å². The van der Waals surface area contributed by atoms with E-state index in [9.17, 15) is 14.3 Å². The standard InChI is InChI=1S/C20H23FN2O2/c1-22(2)19(15-6-4-7-16(21)12-15)20(25)23(17-9-10-17)13-14-5-3-8-18(24)11-14/h3-8,11-12,17,19,24H,9-10,13H2,1-2H3/t19-/m0/s1. The first-order valence-corrected chi connectivity index (χ1v) is 8.46.